The van der Waals surface area contributed by atoms with E-state index in [0.717, 1.165) is 18.7 Å². The van der Waals surface area contributed by atoms with Gasteiger partial charge >= 0.3 is 0 Å². The van der Waals surface area contributed by atoms with Crippen LogP contribution in [-0.4, -0.2) is 12.3 Å². The second-order valence-electron chi connectivity index (χ2n) is 4.35. The lowest BCUT2D eigenvalue weighted by atomic mass is 9.94. The third-order valence-electron chi connectivity index (χ3n) is 2.65. The van der Waals surface area contributed by atoms with E-state index in [-0.39, 0.29) is 0 Å². The van der Waals surface area contributed by atoms with E-state index in [1.54, 1.807) is 0 Å². The Labute approximate surface area is 109 Å². The minimum absolute atomic E-state index is 0.547. The second-order valence-corrected chi connectivity index (χ2v) is 5.69. The lowest BCUT2D eigenvalue weighted by molar-refractivity contribution is 0.846. The van der Waals surface area contributed by atoms with Gasteiger partial charge in [-0.2, -0.15) is 0 Å². The van der Waals surface area contributed by atoms with Crippen molar-refractivity contribution in [1.82, 2.24) is 0 Å². The molecule has 0 spiro atoms. The SMILES string of the molecule is CCSc1ccc(/C(=C/CCN)C(C)C)cc1. The molecule has 0 aliphatic carbocycles. The maximum atomic E-state index is 5.57. The van der Waals surface area contributed by atoms with E-state index < -0.39 is 0 Å². The summed E-state index contributed by atoms with van der Waals surface area (Å²) >= 11 is 1.88. The molecule has 17 heavy (non-hydrogen) atoms. The Morgan fingerprint density at radius 3 is 2.41 bits per heavy atom. The third kappa shape index (κ3) is 4.57. The molecular weight excluding hydrogens is 226 g/mol. The number of thioether (sulfide) groups is 1. The summed E-state index contributed by atoms with van der Waals surface area (Å²) in [5.41, 5.74) is 8.30. The molecular formula is C15H23NS. The minimum Gasteiger partial charge on any atom is -0.330 e. The molecule has 0 aromatic heterocycles. The van der Waals surface area contributed by atoms with E-state index in [2.05, 4.69) is 51.1 Å². The van der Waals surface area contributed by atoms with Crippen LogP contribution in [0.15, 0.2) is 35.2 Å². The molecule has 2 N–H and O–H groups in total. The van der Waals surface area contributed by atoms with Crippen molar-refractivity contribution in [1.29, 1.82) is 0 Å². The molecule has 0 fully saturated rings. The van der Waals surface area contributed by atoms with E-state index in [9.17, 15) is 0 Å². The molecule has 0 saturated heterocycles. The third-order valence-corrected chi connectivity index (χ3v) is 3.55. The predicted octanol–water partition coefficient (Wildman–Crippen LogP) is 4.19. The highest BCUT2D eigenvalue weighted by molar-refractivity contribution is 7.99. The molecule has 0 amide bonds. The molecule has 1 aromatic carbocycles. The fourth-order valence-corrected chi connectivity index (χ4v) is 2.50. The van der Waals surface area contributed by atoms with Gasteiger partial charge in [0.25, 0.3) is 0 Å². The Bertz CT molecular complexity index is 352. The average Bonchev–Trinajstić information content (AvgIpc) is 2.31. The largest absolute Gasteiger partial charge is 0.330 e. The summed E-state index contributed by atoms with van der Waals surface area (Å²) in [4.78, 5) is 1.35. The average molecular weight is 249 g/mol. The van der Waals surface area contributed by atoms with E-state index in [4.69, 9.17) is 5.73 Å². The zero-order valence-electron chi connectivity index (χ0n) is 11.1. The van der Waals surface area contributed by atoms with Crippen LogP contribution in [0.4, 0.5) is 0 Å². The van der Waals surface area contributed by atoms with Crippen LogP contribution >= 0.6 is 11.8 Å². The zero-order valence-corrected chi connectivity index (χ0v) is 11.9. The second kappa shape index (κ2) is 7.57. The van der Waals surface area contributed by atoms with Gasteiger partial charge in [0.2, 0.25) is 0 Å². The predicted molar refractivity (Wildman–Crippen MR) is 79.3 cm³/mol. The van der Waals surface area contributed by atoms with Crippen molar-refractivity contribution in [2.24, 2.45) is 11.7 Å². The van der Waals surface area contributed by atoms with Crippen LogP contribution in [0.25, 0.3) is 5.57 Å². The molecule has 1 aromatic rings. The van der Waals surface area contributed by atoms with Gasteiger partial charge in [-0.25, -0.2) is 0 Å². The number of hydrogen-bond donors (Lipinski definition) is 1. The van der Waals surface area contributed by atoms with Gasteiger partial charge in [-0.1, -0.05) is 39.0 Å². The van der Waals surface area contributed by atoms with Crippen molar-refractivity contribution in [3.63, 3.8) is 0 Å². The van der Waals surface area contributed by atoms with Gasteiger partial charge in [-0.15, -0.1) is 11.8 Å². The number of hydrogen-bond acceptors (Lipinski definition) is 2. The first kappa shape index (κ1) is 14.3. The van der Waals surface area contributed by atoms with Crippen LogP contribution in [0, 0.1) is 5.92 Å². The first-order chi connectivity index (χ1) is 8.19. The van der Waals surface area contributed by atoms with Crippen molar-refractivity contribution < 1.29 is 0 Å². The Hall–Kier alpha value is -0.730. The van der Waals surface area contributed by atoms with Crippen molar-refractivity contribution >= 4 is 17.3 Å². The van der Waals surface area contributed by atoms with Gasteiger partial charge in [0, 0.05) is 4.90 Å². The molecule has 0 saturated carbocycles. The maximum absolute atomic E-state index is 5.57. The molecule has 1 nitrogen and oxygen atoms in total. The fraction of sp³-hybridized carbons (Fsp3) is 0.467. The van der Waals surface area contributed by atoms with Crippen molar-refractivity contribution in [3.05, 3.63) is 35.9 Å². The molecule has 0 aliphatic heterocycles. The molecule has 0 unspecified atom stereocenters. The summed E-state index contributed by atoms with van der Waals surface area (Å²) < 4.78 is 0. The highest BCUT2D eigenvalue weighted by Crippen LogP contribution is 2.26. The maximum Gasteiger partial charge on any atom is 0.00722 e. The summed E-state index contributed by atoms with van der Waals surface area (Å²) in [5.74, 6) is 1.67. The molecule has 0 bridgehead atoms. The molecule has 2 heteroatoms. The van der Waals surface area contributed by atoms with Gasteiger partial charge in [0.1, 0.15) is 0 Å². The van der Waals surface area contributed by atoms with Gasteiger partial charge in [0.05, 0.1) is 0 Å². The van der Waals surface area contributed by atoms with Gasteiger partial charge in [-0.3, -0.25) is 0 Å². The smallest absolute Gasteiger partial charge is 0.00722 e. The van der Waals surface area contributed by atoms with E-state index in [0.29, 0.717) is 5.92 Å². The fourth-order valence-electron chi connectivity index (χ4n) is 1.84. The van der Waals surface area contributed by atoms with Gasteiger partial charge in [0.15, 0.2) is 0 Å². The van der Waals surface area contributed by atoms with E-state index in [1.807, 2.05) is 11.8 Å². The summed E-state index contributed by atoms with van der Waals surface area (Å²) in [6.45, 7) is 7.37. The Morgan fingerprint density at radius 2 is 1.94 bits per heavy atom. The molecule has 0 radical (unpaired) electrons. The molecule has 94 valence electrons. The lowest BCUT2D eigenvalue weighted by Crippen LogP contribution is -1.99. The standard InChI is InChI=1S/C15H23NS/c1-4-17-14-9-7-13(8-10-14)15(12(2)3)6-5-11-16/h6-10,12H,4-5,11,16H2,1-3H3/b15-6+. The van der Waals surface area contributed by atoms with Crippen molar-refractivity contribution in [2.45, 2.75) is 32.1 Å². The van der Waals surface area contributed by atoms with Crippen LogP contribution in [0.2, 0.25) is 0 Å². The Kier molecular flexibility index (Phi) is 6.38. The molecule has 0 aliphatic rings. The van der Waals surface area contributed by atoms with Crippen molar-refractivity contribution in [3.8, 4) is 0 Å². The van der Waals surface area contributed by atoms with E-state index in [1.165, 1.54) is 16.0 Å². The Balaban J connectivity index is 2.87. The van der Waals surface area contributed by atoms with Gasteiger partial charge < -0.3 is 5.73 Å². The quantitative estimate of drug-likeness (QED) is 0.765. The van der Waals surface area contributed by atoms with Gasteiger partial charge in [-0.05, 0) is 47.9 Å². The van der Waals surface area contributed by atoms with Crippen LogP contribution < -0.4 is 5.73 Å². The lowest BCUT2D eigenvalue weighted by Gasteiger charge is -2.12. The number of rotatable bonds is 6. The highest BCUT2D eigenvalue weighted by atomic mass is 32.2. The molecule has 0 atom stereocenters. The van der Waals surface area contributed by atoms with E-state index >= 15 is 0 Å². The number of nitrogens with two attached hydrogens (primary N) is 1. The first-order valence-electron chi connectivity index (χ1n) is 6.32. The van der Waals surface area contributed by atoms with Crippen LogP contribution in [-0.2, 0) is 0 Å². The Morgan fingerprint density at radius 1 is 1.29 bits per heavy atom. The highest BCUT2D eigenvalue weighted by Gasteiger charge is 2.05. The summed E-state index contributed by atoms with van der Waals surface area (Å²) in [6, 6.07) is 8.87. The normalized spacial score (nSPS) is 12.2. The van der Waals surface area contributed by atoms with Crippen molar-refractivity contribution in [2.75, 3.05) is 12.3 Å². The zero-order chi connectivity index (χ0) is 12.7. The summed E-state index contributed by atoms with van der Waals surface area (Å²) in [5, 5.41) is 0. The van der Waals surface area contributed by atoms with Crippen LogP contribution in [0.5, 0.6) is 0 Å². The number of benzene rings is 1. The topological polar surface area (TPSA) is 26.0 Å². The summed E-state index contributed by atoms with van der Waals surface area (Å²) in [6.07, 6.45) is 3.23. The van der Waals surface area contributed by atoms with Crippen LogP contribution in [0.3, 0.4) is 0 Å². The summed E-state index contributed by atoms with van der Waals surface area (Å²) in [7, 11) is 0. The molecule has 0 heterocycles. The molecule has 1 rings (SSSR count). The minimum atomic E-state index is 0.547. The monoisotopic (exact) mass is 249 g/mol. The first-order valence-corrected chi connectivity index (χ1v) is 7.31. The number of allylic oxidation sites excluding steroid dienone is 1. The van der Waals surface area contributed by atoms with Crippen LogP contribution in [0.1, 0.15) is 32.8 Å².